The van der Waals surface area contributed by atoms with Gasteiger partial charge in [-0.25, -0.2) is 4.98 Å². The Bertz CT molecular complexity index is 515. The predicted molar refractivity (Wildman–Crippen MR) is 75.2 cm³/mol. The van der Waals surface area contributed by atoms with Gasteiger partial charge in [0.15, 0.2) is 0 Å². The standard InChI is InChI=1S/C12H17N3O2S/c1-17-7-5-15(4-6-16)9-2-3-10-12(11(9)13)14-8-18-10/h2-3,8,16H,4-7,13H2,1H3. The molecule has 1 aromatic carbocycles. The van der Waals surface area contributed by atoms with E-state index in [1.807, 2.05) is 17.0 Å². The van der Waals surface area contributed by atoms with Gasteiger partial charge < -0.3 is 20.5 Å². The Balaban J connectivity index is 2.33. The van der Waals surface area contributed by atoms with E-state index in [2.05, 4.69) is 4.98 Å². The van der Waals surface area contributed by atoms with Gasteiger partial charge in [0.2, 0.25) is 0 Å². The van der Waals surface area contributed by atoms with Crippen LogP contribution in [-0.2, 0) is 4.74 Å². The van der Waals surface area contributed by atoms with Gasteiger partial charge in [0.25, 0.3) is 0 Å². The SMILES string of the molecule is COCCN(CCO)c1ccc2scnc2c1N. The van der Waals surface area contributed by atoms with E-state index in [1.165, 1.54) is 0 Å². The van der Waals surface area contributed by atoms with Crippen LogP contribution in [0.1, 0.15) is 0 Å². The molecule has 1 aromatic heterocycles. The van der Waals surface area contributed by atoms with Crippen LogP contribution >= 0.6 is 11.3 Å². The highest BCUT2D eigenvalue weighted by Crippen LogP contribution is 2.32. The number of anilines is 2. The van der Waals surface area contributed by atoms with E-state index in [4.69, 9.17) is 15.6 Å². The number of benzene rings is 1. The van der Waals surface area contributed by atoms with Gasteiger partial charge in [-0.3, -0.25) is 0 Å². The zero-order chi connectivity index (χ0) is 13.0. The van der Waals surface area contributed by atoms with E-state index >= 15 is 0 Å². The van der Waals surface area contributed by atoms with Crippen molar-refractivity contribution >= 4 is 32.9 Å². The third-order valence-electron chi connectivity index (χ3n) is 2.79. The molecule has 0 bridgehead atoms. The van der Waals surface area contributed by atoms with Crippen LogP contribution in [0.25, 0.3) is 10.2 Å². The lowest BCUT2D eigenvalue weighted by Crippen LogP contribution is -2.30. The molecule has 0 saturated carbocycles. The lowest BCUT2D eigenvalue weighted by molar-refractivity contribution is 0.203. The number of nitrogens with zero attached hydrogens (tertiary/aromatic N) is 2. The number of aliphatic hydroxyl groups excluding tert-OH is 1. The van der Waals surface area contributed by atoms with Crippen molar-refractivity contribution < 1.29 is 9.84 Å². The molecule has 1 heterocycles. The van der Waals surface area contributed by atoms with Crippen LogP contribution in [0.2, 0.25) is 0 Å². The molecule has 0 unspecified atom stereocenters. The van der Waals surface area contributed by atoms with Crippen LogP contribution in [-0.4, -0.2) is 43.5 Å². The Morgan fingerprint density at radius 1 is 1.44 bits per heavy atom. The van der Waals surface area contributed by atoms with E-state index < -0.39 is 0 Å². The highest BCUT2D eigenvalue weighted by molar-refractivity contribution is 7.16. The second kappa shape index (κ2) is 5.99. The molecule has 18 heavy (non-hydrogen) atoms. The molecule has 0 atom stereocenters. The summed E-state index contributed by atoms with van der Waals surface area (Å²) in [6.07, 6.45) is 0. The second-order valence-corrected chi connectivity index (χ2v) is 4.79. The molecule has 3 N–H and O–H groups in total. The lowest BCUT2D eigenvalue weighted by Gasteiger charge is -2.25. The summed E-state index contributed by atoms with van der Waals surface area (Å²) in [6.45, 7) is 1.90. The fourth-order valence-corrected chi connectivity index (χ4v) is 2.58. The topological polar surface area (TPSA) is 71.6 Å². The zero-order valence-corrected chi connectivity index (χ0v) is 11.1. The maximum absolute atomic E-state index is 9.12. The summed E-state index contributed by atoms with van der Waals surface area (Å²) in [6, 6.07) is 3.98. The van der Waals surface area contributed by atoms with Crippen molar-refractivity contribution in [1.82, 2.24) is 4.98 Å². The van der Waals surface area contributed by atoms with Crippen molar-refractivity contribution in [2.24, 2.45) is 0 Å². The summed E-state index contributed by atoms with van der Waals surface area (Å²) in [5.41, 5.74) is 10.3. The fraction of sp³-hybridized carbons (Fsp3) is 0.417. The molecule has 0 aliphatic rings. The molecule has 6 heteroatoms. The van der Waals surface area contributed by atoms with Crippen LogP contribution in [0.3, 0.4) is 0 Å². The molecule has 98 valence electrons. The molecule has 2 rings (SSSR count). The average Bonchev–Trinajstić information content (AvgIpc) is 2.84. The summed E-state index contributed by atoms with van der Waals surface area (Å²) in [7, 11) is 1.66. The summed E-state index contributed by atoms with van der Waals surface area (Å²) in [4.78, 5) is 6.29. The van der Waals surface area contributed by atoms with Crippen molar-refractivity contribution in [2.75, 3.05) is 44.0 Å². The number of ether oxygens (including phenoxy) is 1. The number of nitrogens with two attached hydrogens (primary N) is 1. The molecule has 0 saturated heterocycles. The highest BCUT2D eigenvalue weighted by Gasteiger charge is 2.13. The van der Waals surface area contributed by atoms with Gasteiger partial charge in [-0.2, -0.15) is 0 Å². The van der Waals surface area contributed by atoms with Crippen molar-refractivity contribution in [3.63, 3.8) is 0 Å². The van der Waals surface area contributed by atoms with Gasteiger partial charge in [0, 0.05) is 20.2 Å². The maximum atomic E-state index is 9.12. The van der Waals surface area contributed by atoms with Gasteiger partial charge in [-0.05, 0) is 12.1 Å². The Hall–Kier alpha value is -1.37. The summed E-state index contributed by atoms with van der Waals surface area (Å²) in [5.74, 6) is 0. The molecule has 5 nitrogen and oxygen atoms in total. The third-order valence-corrected chi connectivity index (χ3v) is 3.59. The van der Waals surface area contributed by atoms with Gasteiger partial charge in [-0.15, -0.1) is 11.3 Å². The molecule has 0 aliphatic heterocycles. The van der Waals surface area contributed by atoms with Crippen molar-refractivity contribution in [2.45, 2.75) is 0 Å². The van der Waals surface area contributed by atoms with Crippen LogP contribution in [0.15, 0.2) is 17.6 Å². The first-order valence-corrected chi connectivity index (χ1v) is 6.62. The Kier molecular flexibility index (Phi) is 4.35. The second-order valence-electron chi connectivity index (χ2n) is 3.90. The Morgan fingerprint density at radius 3 is 3.00 bits per heavy atom. The number of nitrogen functional groups attached to an aromatic ring is 1. The van der Waals surface area contributed by atoms with Crippen LogP contribution in [0, 0.1) is 0 Å². The Morgan fingerprint density at radius 2 is 2.28 bits per heavy atom. The Labute approximate surface area is 110 Å². The highest BCUT2D eigenvalue weighted by atomic mass is 32.1. The molecule has 0 amide bonds. The summed E-state index contributed by atoms with van der Waals surface area (Å²) >= 11 is 1.57. The maximum Gasteiger partial charge on any atom is 0.106 e. The smallest absolute Gasteiger partial charge is 0.106 e. The third kappa shape index (κ3) is 2.55. The van der Waals surface area contributed by atoms with Crippen LogP contribution in [0.5, 0.6) is 0 Å². The first-order valence-electron chi connectivity index (χ1n) is 5.74. The van der Waals surface area contributed by atoms with E-state index in [0.29, 0.717) is 25.4 Å². The van der Waals surface area contributed by atoms with Gasteiger partial charge in [-0.1, -0.05) is 0 Å². The van der Waals surface area contributed by atoms with E-state index in [0.717, 1.165) is 15.9 Å². The number of aliphatic hydroxyl groups is 1. The van der Waals surface area contributed by atoms with E-state index in [9.17, 15) is 0 Å². The van der Waals surface area contributed by atoms with E-state index in [-0.39, 0.29) is 6.61 Å². The number of thiazole rings is 1. The van der Waals surface area contributed by atoms with Crippen molar-refractivity contribution in [3.05, 3.63) is 17.6 Å². The van der Waals surface area contributed by atoms with Gasteiger partial charge in [0.05, 0.1) is 34.8 Å². The largest absolute Gasteiger partial charge is 0.395 e. The minimum Gasteiger partial charge on any atom is -0.395 e. The van der Waals surface area contributed by atoms with Gasteiger partial charge in [0.1, 0.15) is 5.52 Å². The molecule has 2 aromatic rings. The minimum absolute atomic E-state index is 0.0816. The number of fused-ring (bicyclic) bond motifs is 1. The molecule has 0 fully saturated rings. The average molecular weight is 267 g/mol. The first kappa shape index (κ1) is 13.1. The number of methoxy groups -OCH3 is 1. The predicted octanol–water partition coefficient (Wildman–Crippen LogP) is 1.32. The zero-order valence-electron chi connectivity index (χ0n) is 10.3. The fourth-order valence-electron chi connectivity index (χ4n) is 1.89. The lowest BCUT2D eigenvalue weighted by atomic mass is 10.2. The molecular weight excluding hydrogens is 250 g/mol. The van der Waals surface area contributed by atoms with Gasteiger partial charge >= 0.3 is 0 Å². The summed E-state index contributed by atoms with van der Waals surface area (Å²) < 4.78 is 6.15. The van der Waals surface area contributed by atoms with Crippen molar-refractivity contribution in [3.8, 4) is 0 Å². The molecule has 0 radical (unpaired) electrons. The van der Waals surface area contributed by atoms with Crippen molar-refractivity contribution in [1.29, 1.82) is 0 Å². The molecule has 0 aliphatic carbocycles. The van der Waals surface area contributed by atoms with Crippen LogP contribution < -0.4 is 10.6 Å². The van der Waals surface area contributed by atoms with Crippen LogP contribution in [0.4, 0.5) is 11.4 Å². The first-order chi connectivity index (χ1) is 8.77. The number of aromatic nitrogens is 1. The minimum atomic E-state index is 0.0816. The quantitative estimate of drug-likeness (QED) is 0.772. The number of hydrogen-bond donors (Lipinski definition) is 2. The summed E-state index contributed by atoms with van der Waals surface area (Å²) in [5, 5.41) is 9.12. The van der Waals surface area contributed by atoms with E-state index in [1.54, 1.807) is 24.0 Å². The molecule has 0 spiro atoms. The normalized spacial score (nSPS) is 11.0. The molecular formula is C12H17N3O2S. The number of rotatable bonds is 6. The number of hydrogen-bond acceptors (Lipinski definition) is 6. The monoisotopic (exact) mass is 267 g/mol.